The molecule has 1 aromatic heterocycles. The zero-order valence-corrected chi connectivity index (χ0v) is 14.1. The van der Waals surface area contributed by atoms with Crippen molar-refractivity contribution in [2.24, 2.45) is 0 Å². The van der Waals surface area contributed by atoms with Crippen molar-refractivity contribution in [3.8, 4) is 0 Å². The molecule has 1 fully saturated rings. The van der Waals surface area contributed by atoms with Crippen LogP contribution in [-0.2, 0) is 11.0 Å². The summed E-state index contributed by atoms with van der Waals surface area (Å²) < 4.78 is 40.0. The van der Waals surface area contributed by atoms with Crippen LogP contribution in [0.15, 0.2) is 29.4 Å². The van der Waals surface area contributed by atoms with Crippen LogP contribution in [0.25, 0.3) is 0 Å². The first kappa shape index (κ1) is 17.7. The van der Waals surface area contributed by atoms with Gasteiger partial charge in [-0.3, -0.25) is 4.79 Å². The van der Waals surface area contributed by atoms with E-state index in [1.165, 1.54) is 17.8 Å². The Kier molecular flexibility index (Phi) is 4.98. The van der Waals surface area contributed by atoms with Gasteiger partial charge in [0, 0.05) is 0 Å². The van der Waals surface area contributed by atoms with E-state index >= 15 is 0 Å². The molecule has 1 atom stereocenters. The number of nitrogens with zero attached hydrogens (tertiary/aromatic N) is 4. The van der Waals surface area contributed by atoms with Gasteiger partial charge in [0.05, 0.1) is 23.4 Å². The fourth-order valence-electron chi connectivity index (χ4n) is 2.31. The molecule has 0 aliphatic heterocycles. The maximum Gasteiger partial charge on any atom is 0.416 e. The Labute approximate surface area is 146 Å². The number of halogens is 3. The van der Waals surface area contributed by atoms with Gasteiger partial charge in [0.2, 0.25) is 11.1 Å². The van der Waals surface area contributed by atoms with Crippen molar-refractivity contribution >= 4 is 17.7 Å². The summed E-state index contributed by atoms with van der Waals surface area (Å²) in [5.41, 5.74) is -0.333. The lowest BCUT2D eigenvalue weighted by Crippen LogP contribution is -2.28. The quantitative estimate of drug-likeness (QED) is 0.791. The van der Waals surface area contributed by atoms with Crippen LogP contribution in [0.4, 0.5) is 13.2 Å². The summed E-state index contributed by atoms with van der Waals surface area (Å²) in [5.74, 6) is -0.198. The fourth-order valence-corrected chi connectivity index (χ4v) is 3.07. The first-order chi connectivity index (χ1) is 11.8. The second-order valence-electron chi connectivity index (χ2n) is 5.84. The first-order valence-corrected chi connectivity index (χ1v) is 8.70. The van der Waals surface area contributed by atoms with Gasteiger partial charge < -0.3 is 5.32 Å². The van der Waals surface area contributed by atoms with Crippen LogP contribution in [0.1, 0.15) is 43.0 Å². The molecule has 0 saturated heterocycles. The van der Waals surface area contributed by atoms with Crippen molar-refractivity contribution < 1.29 is 18.0 Å². The van der Waals surface area contributed by atoms with Crippen molar-refractivity contribution in [3.05, 3.63) is 35.4 Å². The smallest absolute Gasteiger partial charge is 0.349 e. The van der Waals surface area contributed by atoms with Gasteiger partial charge in [-0.1, -0.05) is 23.9 Å². The Morgan fingerprint density at radius 3 is 2.88 bits per heavy atom. The molecule has 1 aliphatic carbocycles. The molecule has 0 spiro atoms. The van der Waals surface area contributed by atoms with Gasteiger partial charge in [0.15, 0.2) is 0 Å². The number of thioether (sulfide) groups is 1. The van der Waals surface area contributed by atoms with Gasteiger partial charge in [0.1, 0.15) is 0 Å². The van der Waals surface area contributed by atoms with E-state index in [0.29, 0.717) is 16.8 Å². The minimum Gasteiger partial charge on any atom is -0.349 e. The number of aromatic nitrogens is 4. The number of carbonyl (C=O) groups is 1. The van der Waals surface area contributed by atoms with Crippen molar-refractivity contribution in [3.63, 3.8) is 0 Å². The van der Waals surface area contributed by atoms with Crippen LogP contribution in [0.2, 0.25) is 0 Å². The lowest BCUT2D eigenvalue weighted by Gasteiger charge is -2.16. The van der Waals surface area contributed by atoms with Gasteiger partial charge in [-0.25, -0.2) is 4.68 Å². The number of amides is 1. The summed E-state index contributed by atoms with van der Waals surface area (Å²) in [7, 11) is 0. The Morgan fingerprint density at radius 1 is 1.44 bits per heavy atom. The van der Waals surface area contributed by atoms with Gasteiger partial charge in [0.25, 0.3) is 0 Å². The second kappa shape index (κ2) is 7.03. The zero-order chi connectivity index (χ0) is 18.0. The number of alkyl halides is 3. The molecule has 1 amide bonds. The normalized spacial score (nSPS) is 15.8. The third-order valence-electron chi connectivity index (χ3n) is 3.78. The summed E-state index contributed by atoms with van der Waals surface area (Å²) >= 11 is 1.21. The van der Waals surface area contributed by atoms with Crippen LogP contribution in [0, 0.1) is 0 Å². The molecule has 1 aliphatic rings. The van der Waals surface area contributed by atoms with Gasteiger partial charge in [-0.2, -0.15) is 13.2 Å². The van der Waals surface area contributed by atoms with E-state index < -0.39 is 17.8 Å². The summed E-state index contributed by atoms with van der Waals surface area (Å²) in [4.78, 5) is 12.1. The molecular formula is C15H16F3N5OS. The van der Waals surface area contributed by atoms with E-state index in [1.807, 2.05) is 0 Å². The van der Waals surface area contributed by atoms with Crippen LogP contribution < -0.4 is 5.32 Å². The lowest BCUT2D eigenvalue weighted by molar-refractivity contribution is -0.137. The Balaban J connectivity index is 1.56. The van der Waals surface area contributed by atoms with Crippen LogP contribution in [0.5, 0.6) is 0 Å². The largest absolute Gasteiger partial charge is 0.416 e. The number of benzene rings is 1. The summed E-state index contributed by atoms with van der Waals surface area (Å²) in [6.45, 7) is 1.65. The third kappa shape index (κ3) is 4.50. The van der Waals surface area contributed by atoms with Crippen LogP contribution >= 0.6 is 11.8 Å². The van der Waals surface area contributed by atoms with Crippen molar-refractivity contribution in [1.29, 1.82) is 0 Å². The topological polar surface area (TPSA) is 72.7 Å². The van der Waals surface area contributed by atoms with Gasteiger partial charge in [-0.15, -0.1) is 5.10 Å². The van der Waals surface area contributed by atoms with Gasteiger partial charge in [-0.05, 0) is 47.9 Å². The minimum atomic E-state index is -4.41. The first-order valence-electron chi connectivity index (χ1n) is 7.72. The third-order valence-corrected chi connectivity index (χ3v) is 4.71. The van der Waals surface area contributed by atoms with E-state index in [1.54, 1.807) is 17.7 Å². The number of nitrogens with one attached hydrogen (secondary N) is 1. The molecule has 2 aromatic rings. The monoisotopic (exact) mass is 371 g/mol. The fraction of sp³-hybridized carbons (Fsp3) is 0.467. The minimum absolute atomic E-state index is 0.0936. The number of carbonyl (C=O) groups excluding carboxylic acids is 1. The average Bonchev–Trinajstić information content (AvgIpc) is 3.30. The highest BCUT2D eigenvalue weighted by atomic mass is 32.2. The molecule has 6 nitrogen and oxygen atoms in total. The highest BCUT2D eigenvalue weighted by Gasteiger charge is 2.31. The molecule has 1 unspecified atom stereocenters. The van der Waals surface area contributed by atoms with E-state index in [4.69, 9.17) is 0 Å². The number of hydrogen-bond donors (Lipinski definition) is 1. The van der Waals surface area contributed by atoms with Crippen molar-refractivity contribution in [1.82, 2.24) is 25.5 Å². The number of tetrazole rings is 1. The highest BCUT2D eigenvalue weighted by molar-refractivity contribution is 7.99. The molecule has 3 rings (SSSR count). The van der Waals surface area contributed by atoms with E-state index in [9.17, 15) is 18.0 Å². The maximum absolute atomic E-state index is 12.8. The van der Waals surface area contributed by atoms with E-state index in [0.717, 1.165) is 25.0 Å². The summed E-state index contributed by atoms with van der Waals surface area (Å²) in [5, 5.41) is 14.7. The Morgan fingerprint density at radius 2 is 2.20 bits per heavy atom. The molecule has 0 radical (unpaired) electrons. The Hall–Kier alpha value is -2.10. The number of rotatable bonds is 6. The molecule has 134 valence electrons. The van der Waals surface area contributed by atoms with Crippen LogP contribution in [-0.4, -0.2) is 31.9 Å². The Bertz CT molecular complexity index is 760. The summed E-state index contributed by atoms with van der Waals surface area (Å²) in [6.07, 6.45) is -2.36. The molecule has 1 aromatic carbocycles. The predicted molar refractivity (Wildman–Crippen MR) is 84.8 cm³/mol. The second-order valence-corrected chi connectivity index (χ2v) is 6.78. The van der Waals surface area contributed by atoms with E-state index in [-0.39, 0.29) is 11.7 Å². The maximum atomic E-state index is 12.8. The number of hydrogen-bond acceptors (Lipinski definition) is 5. The molecular weight excluding hydrogens is 355 g/mol. The van der Waals surface area contributed by atoms with Crippen molar-refractivity contribution in [2.45, 2.75) is 43.2 Å². The predicted octanol–water partition coefficient (Wildman–Crippen LogP) is 3.00. The van der Waals surface area contributed by atoms with Gasteiger partial charge >= 0.3 is 6.18 Å². The highest BCUT2D eigenvalue weighted by Crippen LogP contribution is 2.36. The molecule has 0 bridgehead atoms. The molecule has 10 heteroatoms. The molecule has 1 saturated carbocycles. The standard InChI is InChI=1S/C15H16F3N5OS/c1-9(10-3-2-4-11(7-10)15(16,17)18)19-13(24)8-25-14-20-21-22-23(14)12-5-6-12/h2-4,7,9,12H,5-6,8H2,1H3,(H,19,24). The average molecular weight is 371 g/mol. The molecule has 25 heavy (non-hydrogen) atoms. The zero-order valence-electron chi connectivity index (χ0n) is 13.3. The van der Waals surface area contributed by atoms with E-state index in [2.05, 4.69) is 20.8 Å². The lowest BCUT2D eigenvalue weighted by atomic mass is 10.0. The molecule has 1 N–H and O–H groups in total. The molecule has 1 heterocycles. The summed E-state index contributed by atoms with van der Waals surface area (Å²) in [6, 6.07) is 4.72. The van der Waals surface area contributed by atoms with Crippen LogP contribution in [0.3, 0.4) is 0 Å². The SMILES string of the molecule is CC(NC(=O)CSc1nnnn1C1CC1)c1cccc(C(F)(F)F)c1. The van der Waals surface area contributed by atoms with Crippen molar-refractivity contribution in [2.75, 3.05) is 5.75 Å².